The highest BCUT2D eigenvalue weighted by molar-refractivity contribution is 5.75. The number of carbonyl (C=O) groups excluding carboxylic acids is 1. The number of hydrogen-bond acceptors (Lipinski definition) is 5. The maximum Gasteiger partial charge on any atom is 0.309 e. The Morgan fingerprint density at radius 1 is 1.06 bits per heavy atom. The molecule has 1 heterocycles. The topological polar surface area (TPSA) is 87.0 Å². The monoisotopic (exact) mass is 488 g/mol. The van der Waals surface area contributed by atoms with Gasteiger partial charge in [-0.3, -0.25) is 4.79 Å². The van der Waals surface area contributed by atoms with E-state index in [9.17, 15) is 20.1 Å². The zero-order valence-electron chi connectivity index (χ0n) is 22.9. The summed E-state index contributed by atoms with van der Waals surface area (Å²) in [6.45, 7) is 15.1. The molecule has 0 amide bonds. The van der Waals surface area contributed by atoms with Crippen LogP contribution < -0.4 is 0 Å². The maximum absolute atomic E-state index is 13.1. The van der Waals surface area contributed by atoms with Crippen molar-refractivity contribution in [3.63, 3.8) is 0 Å². The summed E-state index contributed by atoms with van der Waals surface area (Å²) >= 11 is 0. The van der Waals surface area contributed by atoms with Gasteiger partial charge in [-0.2, -0.15) is 0 Å². The van der Waals surface area contributed by atoms with Crippen LogP contribution in [-0.4, -0.2) is 45.2 Å². The highest BCUT2D eigenvalue weighted by atomic mass is 16.6. The average Bonchev–Trinajstić information content (AvgIpc) is 3.26. The second kappa shape index (κ2) is 7.80. The second-order valence-electron chi connectivity index (χ2n) is 14.7. The summed E-state index contributed by atoms with van der Waals surface area (Å²) in [6, 6.07) is 0. The fourth-order valence-corrected chi connectivity index (χ4v) is 9.99. The zero-order valence-corrected chi connectivity index (χ0v) is 22.9. The number of ether oxygens (including phenoxy) is 1. The van der Waals surface area contributed by atoms with E-state index in [0.29, 0.717) is 18.3 Å². The van der Waals surface area contributed by atoms with Crippen LogP contribution in [0.5, 0.6) is 0 Å². The molecule has 10 atom stereocenters. The van der Waals surface area contributed by atoms with Gasteiger partial charge in [0.05, 0.1) is 17.6 Å². The summed E-state index contributed by atoms with van der Waals surface area (Å²) in [5, 5.41) is 31.7. The van der Waals surface area contributed by atoms with Crippen LogP contribution in [0.1, 0.15) is 99.8 Å². The molecule has 0 aromatic rings. The van der Waals surface area contributed by atoms with Gasteiger partial charge in [0, 0.05) is 6.42 Å². The van der Waals surface area contributed by atoms with Gasteiger partial charge in [-0.25, -0.2) is 0 Å². The first-order valence-corrected chi connectivity index (χ1v) is 14.1. The largest absolute Gasteiger partial charge is 0.459 e. The molecule has 1 aliphatic heterocycles. The number of esters is 1. The van der Waals surface area contributed by atoms with E-state index in [-0.39, 0.29) is 45.6 Å². The lowest BCUT2D eigenvalue weighted by atomic mass is 9.41. The Balaban J connectivity index is 1.44. The number of aliphatic hydroxyl groups excluding tert-OH is 2. The van der Waals surface area contributed by atoms with Gasteiger partial charge in [0.25, 0.3) is 0 Å². The van der Waals surface area contributed by atoms with E-state index in [1.165, 1.54) is 0 Å². The van der Waals surface area contributed by atoms with Crippen LogP contribution in [-0.2, 0) is 9.53 Å². The third-order valence-corrected chi connectivity index (χ3v) is 12.5. The Kier molecular flexibility index (Phi) is 5.73. The Morgan fingerprint density at radius 3 is 2.40 bits per heavy atom. The van der Waals surface area contributed by atoms with Gasteiger partial charge in [0.2, 0.25) is 0 Å². The van der Waals surface area contributed by atoms with Gasteiger partial charge in [-0.05, 0) is 98.2 Å². The van der Waals surface area contributed by atoms with Gasteiger partial charge in [0.15, 0.2) is 0 Å². The van der Waals surface area contributed by atoms with Crippen LogP contribution in [0.15, 0.2) is 11.6 Å². The maximum atomic E-state index is 13.1. The van der Waals surface area contributed by atoms with Crippen molar-refractivity contribution in [2.45, 2.75) is 124 Å². The average molecular weight is 489 g/mol. The van der Waals surface area contributed by atoms with Crippen molar-refractivity contribution in [1.29, 1.82) is 0 Å². The van der Waals surface area contributed by atoms with Crippen LogP contribution in [0, 0.1) is 45.3 Å². The molecule has 4 aliphatic carbocycles. The molecule has 3 saturated carbocycles. The third-order valence-electron chi connectivity index (χ3n) is 12.5. The smallest absolute Gasteiger partial charge is 0.309 e. The molecule has 3 N–H and O–H groups in total. The Morgan fingerprint density at radius 2 is 1.74 bits per heavy atom. The van der Waals surface area contributed by atoms with Crippen LogP contribution in [0.25, 0.3) is 0 Å². The summed E-state index contributed by atoms with van der Waals surface area (Å²) in [7, 11) is 0. The first kappa shape index (κ1) is 25.7. The molecular weight excluding hydrogens is 440 g/mol. The van der Waals surface area contributed by atoms with Crippen molar-refractivity contribution in [3.05, 3.63) is 11.6 Å². The van der Waals surface area contributed by atoms with Crippen molar-refractivity contribution in [2.75, 3.05) is 0 Å². The molecule has 10 unspecified atom stereocenters. The molecule has 198 valence electrons. The third kappa shape index (κ3) is 3.39. The van der Waals surface area contributed by atoms with Crippen LogP contribution >= 0.6 is 0 Å². The van der Waals surface area contributed by atoms with Gasteiger partial charge < -0.3 is 20.1 Å². The summed E-state index contributed by atoms with van der Waals surface area (Å²) in [5.41, 5.74) is 0.538. The predicted octanol–water partition coefficient (Wildman–Crippen LogP) is 5.02. The van der Waals surface area contributed by atoms with E-state index in [2.05, 4.69) is 40.7 Å². The molecular formula is C30H48O5. The van der Waals surface area contributed by atoms with E-state index in [1.54, 1.807) is 19.4 Å². The van der Waals surface area contributed by atoms with E-state index in [1.807, 2.05) is 0 Å². The summed E-state index contributed by atoms with van der Waals surface area (Å²) < 4.78 is 5.67. The van der Waals surface area contributed by atoms with Crippen LogP contribution in [0.2, 0.25) is 0 Å². The van der Waals surface area contributed by atoms with Crippen molar-refractivity contribution in [2.24, 2.45) is 45.3 Å². The SMILES string of the molecule is CC(C)(O)C(O)C1CC(C2CCC3(C)C4=CCC5C(C)(C)C(O)CCC5(C)C4CCC23C)C(=O)O1. The zero-order chi connectivity index (χ0) is 25.8. The van der Waals surface area contributed by atoms with E-state index in [4.69, 9.17) is 4.74 Å². The van der Waals surface area contributed by atoms with E-state index >= 15 is 0 Å². The van der Waals surface area contributed by atoms with E-state index in [0.717, 1.165) is 44.9 Å². The lowest BCUT2D eigenvalue weighted by Crippen LogP contribution is -2.58. The molecule has 0 aromatic carbocycles. The second-order valence-corrected chi connectivity index (χ2v) is 14.7. The van der Waals surface area contributed by atoms with Gasteiger partial charge in [-0.15, -0.1) is 0 Å². The van der Waals surface area contributed by atoms with Gasteiger partial charge in [0.1, 0.15) is 12.2 Å². The minimum Gasteiger partial charge on any atom is -0.459 e. The molecule has 1 saturated heterocycles. The lowest BCUT2D eigenvalue weighted by Gasteiger charge is -2.64. The van der Waals surface area contributed by atoms with Crippen molar-refractivity contribution in [3.8, 4) is 0 Å². The summed E-state index contributed by atoms with van der Waals surface area (Å²) in [5.74, 6) is 0.868. The van der Waals surface area contributed by atoms with Crippen LogP contribution in [0.3, 0.4) is 0 Å². The Hall–Kier alpha value is -0.910. The molecule has 5 nitrogen and oxygen atoms in total. The molecule has 5 heteroatoms. The Labute approximate surface area is 211 Å². The molecule has 0 bridgehead atoms. The number of fused-ring (bicyclic) bond motifs is 5. The molecule has 0 radical (unpaired) electrons. The number of carbonyl (C=O) groups is 1. The number of aliphatic hydroxyl groups is 3. The Bertz CT molecular complexity index is 916. The normalized spacial score (nSPS) is 50.0. The summed E-state index contributed by atoms with van der Waals surface area (Å²) in [4.78, 5) is 13.1. The molecule has 5 aliphatic rings. The number of hydrogen-bond donors (Lipinski definition) is 3. The fourth-order valence-electron chi connectivity index (χ4n) is 9.99. The number of allylic oxidation sites excluding steroid dienone is 2. The molecule has 4 fully saturated rings. The predicted molar refractivity (Wildman–Crippen MR) is 135 cm³/mol. The van der Waals surface area contributed by atoms with E-state index < -0.39 is 17.8 Å². The minimum absolute atomic E-state index is 0.0144. The highest BCUT2D eigenvalue weighted by Gasteiger charge is 2.67. The lowest BCUT2D eigenvalue weighted by molar-refractivity contribution is -0.157. The van der Waals surface area contributed by atoms with Crippen molar-refractivity contribution in [1.82, 2.24) is 0 Å². The van der Waals surface area contributed by atoms with Crippen LogP contribution in [0.4, 0.5) is 0 Å². The minimum atomic E-state index is -1.30. The molecule has 0 aromatic heterocycles. The van der Waals surface area contributed by atoms with Gasteiger partial charge >= 0.3 is 5.97 Å². The number of rotatable bonds is 3. The van der Waals surface area contributed by atoms with Gasteiger partial charge in [-0.1, -0.05) is 46.3 Å². The van der Waals surface area contributed by atoms with Crippen molar-refractivity contribution >= 4 is 5.97 Å². The standard InChI is InChI=1S/C30H48O5/c1-26(2)22-9-8-20-19(28(22,5)13-12-23(26)31)11-15-29(6)18(10-14-30(20,29)7)17-16-21(35-25(17)33)24(32)27(3,4)34/h8,17-19,21-24,31-32,34H,9-16H2,1-7H3. The molecule has 5 rings (SSSR count). The fraction of sp³-hybridized carbons (Fsp3) is 0.900. The first-order chi connectivity index (χ1) is 16.1. The molecule has 35 heavy (non-hydrogen) atoms. The summed E-state index contributed by atoms with van der Waals surface area (Å²) in [6.07, 6.45) is 8.46. The molecule has 0 spiro atoms. The number of cyclic esters (lactones) is 1. The quantitative estimate of drug-likeness (QED) is 0.384. The first-order valence-electron chi connectivity index (χ1n) is 14.1. The highest BCUT2D eigenvalue weighted by Crippen LogP contribution is 2.73. The van der Waals surface area contributed by atoms with Crippen molar-refractivity contribution < 1.29 is 24.9 Å².